The van der Waals surface area contributed by atoms with Crippen LogP contribution in [0.25, 0.3) is 6.08 Å². The lowest BCUT2D eigenvalue weighted by Crippen LogP contribution is -2.06. The molecule has 0 bridgehead atoms. The highest BCUT2D eigenvalue weighted by Gasteiger charge is 2.26. The molecule has 1 aliphatic rings. The normalized spacial score (nSPS) is 14.6. The van der Waals surface area contributed by atoms with Crippen molar-refractivity contribution in [3.05, 3.63) is 104 Å². The van der Waals surface area contributed by atoms with E-state index in [9.17, 15) is 4.79 Å². The third-order valence-electron chi connectivity index (χ3n) is 4.37. The van der Waals surface area contributed by atoms with Gasteiger partial charge in [-0.15, -0.1) is 0 Å². The molecule has 0 aliphatic carbocycles. The third-order valence-corrected chi connectivity index (χ3v) is 5.18. The van der Waals surface area contributed by atoms with Gasteiger partial charge in [0, 0.05) is 10.6 Å². The number of halogens is 3. The standard InChI is InChI=1S/C23H14Cl3NO3/c24-17-8-6-14(7-9-17)13-29-22-19(25)11-15(12-20(22)26)10-18-21(27-30-23(18)28)16-4-2-1-3-5-16/h1-12H,13H2/b18-10-. The summed E-state index contributed by atoms with van der Waals surface area (Å²) in [5.74, 6) is -0.175. The van der Waals surface area contributed by atoms with Crippen molar-refractivity contribution in [2.75, 3.05) is 0 Å². The second kappa shape index (κ2) is 8.92. The SMILES string of the molecule is O=C1ON=C(c2ccccc2)/C1=C/c1cc(Cl)c(OCc2ccc(Cl)cc2)c(Cl)c1. The molecule has 0 fully saturated rings. The van der Waals surface area contributed by atoms with Crippen LogP contribution in [0.15, 0.2) is 77.5 Å². The predicted octanol–water partition coefficient (Wildman–Crippen LogP) is 6.57. The van der Waals surface area contributed by atoms with Crippen LogP contribution in [0.3, 0.4) is 0 Å². The fourth-order valence-corrected chi connectivity index (χ4v) is 3.66. The zero-order valence-electron chi connectivity index (χ0n) is 15.4. The largest absolute Gasteiger partial charge is 0.486 e. The Morgan fingerprint density at radius 1 is 0.933 bits per heavy atom. The minimum atomic E-state index is -0.538. The highest BCUT2D eigenvalue weighted by molar-refractivity contribution is 6.37. The summed E-state index contributed by atoms with van der Waals surface area (Å²) in [5.41, 5.74) is 3.10. The van der Waals surface area contributed by atoms with Crippen LogP contribution in [0.2, 0.25) is 15.1 Å². The zero-order chi connectivity index (χ0) is 21.1. The third kappa shape index (κ3) is 4.51. The van der Waals surface area contributed by atoms with E-state index in [0.29, 0.717) is 37.7 Å². The van der Waals surface area contributed by atoms with Gasteiger partial charge in [-0.25, -0.2) is 4.79 Å². The topological polar surface area (TPSA) is 47.9 Å². The quantitative estimate of drug-likeness (QED) is 0.321. The summed E-state index contributed by atoms with van der Waals surface area (Å²) >= 11 is 18.7. The Labute approximate surface area is 188 Å². The fraction of sp³-hybridized carbons (Fsp3) is 0.0435. The number of ether oxygens (including phenoxy) is 1. The Morgan fingerprint density at radius 2 is 1.60 bits per heavy atom. The number of hydrogen-bond donors (Lipinski definition) is 0. The molecule has 0 amide bonds. The summed E-state index contributed by atoms with van der Waals surface area (Å²) in [6, 6.07) is 19.9. The van der Waals surface area contributed by atoms with E-state index in [2.05, 4.69) is 5.16 Å². The summed E-state index contributed by atoms with van der Waals surface area (Å²) < 4.78 is 5.79. The molecule has 0 N–H and O–H groups in total. The van der Waals surface area contributed by atoms with E-state index in [1.807, 2.05) is 42.5 Å². The van der Waals surface area contributed by atoms with Crippen LogP contribution >= 0.6 is 34.8 Å². The first-order chi connectivity index (χ1) is 14.5. The van der Waals surface area contributed by atoms with Crippen molar-refractivity contribution in [1.29, 1.82) is 0 Å². The first kappa shape index (κ1) is 20.5. The smallest absolute Gasteiger partial charge is 0.368 e. The van der Waals surface area contributed by atoms with Gasteiger partial charge in [0.05, 0.1) is 15.6 Å². The summed E-state index contributed by atoms with van der Waals surface area (Å²) in [6.07, 6.45) is 1.64. The van der Waals surface area contributed by atoms with Crippen LogP contribution in [0, 0.1) is 0 Å². The molecule has 0 spiro atoms. The lowest BCUT2D eigenvalue weighted by Gasteiger charge is -2.11. The van der Waals surface area contributed by atoms with Crippen LogP contribution in [0.4, 0.5) is 0 Å². The summed E-state index contributed by atoms with van der Waals surface area (Å²) in [4.78, 5) is 17.0. The molecular weight excluding hydrogens is 445 g/mol. The molecule has 3 aromatic rings. The number of benzene rings is 3. The van der Waals surface area contributed by atoms with Gasteiger partial charge in [0.2, 0.25) is 0 Å². The van der Waals surface area contributed by atoms with Crippen LogP contribution in [-0.4, -0.2) is 11.7 Å². The first-order valence-electron chi connectivity index (χ1n) is 8.94. The van der Waals surface area contributed by atoms with Gasteiger partial charge in [-0.1, -0.05) is 82.4 Å². The maximum Gasteiger partial charge on any atom is 0.368 e. The molecule has 3 aromatic carbocycles. The Morgan fingerprint density at radius 3 is 2.27 bits per heavy atom. The van der Waals surface area contributed by atoms with Crippen molar-refractivity contribution >= 4 is 52.6 Å². The first-order valence-corrected chi connectivity index (χ1v) is 10.1. The molecule has 4 nitrogen and oxygen atoms in total. The predicted molar refractivity (Wildman–Crippen MR) is 119 cm³/mol. The van der Waals surface area contributed by atoms with Crippen molar-refractivity contribution < 1.29 is 14.4 Å². The van der Waals surface area contributed by atoms with Gasteiger partial charge in [0.1, 0.15) is 12.3 Å². The van der Waals surface area contributed by atoms with Crippen LogP contribution in [-0.2, 0) is 16.2 Å². The maximum atomic E-state index is 12.2. The minimum absolute atomic E-state index is 0.286. The average molecular weight is 459 g/mol. The Bertz CT molecular complexity index is 1130. The second-order valence-corrected chi connectivity index (χ2v) is 7.72. The number of rotatable bonds is 5. The minimum Gasteiger partial charge on any atom is -0.486 e. The molecule has 0 saturated carbocycles. The highest BCUT2D eigenvalue weighted by Crippen LogP contribution is 2.36. The van der Waals surface area contributed by atoms with E-state index in [4.69, 9.17) is 44.4 Å². The van der Waals surface area contributed by atoms with Gasteiger partial charge < -0.3 is 9.57 Å². The number of oxime groups is 1. The number of carbonyl (C=O) groups is 1. The van der Waals surface area contributed by atoms with Crippen molar-refractivity contribution in [3.63, 3.8) is 0 Å². The monoisotopic (exact) mass is 457 g/mol. The van der Waals surface area contributed by atoms with E-state index in [-0.39, 0.29) is 6.61 Å². The van der Waals surface area contributed by atoms with Gasteiger partial charge in [-0.05, 0) is 41.5 Å². The van der Waals surface area contributed by atoms with Gasteiger partial charge in [-0.2, -0.15) is 0 Å². The van der Waals surface area contributed by atoms with Crippen molar-refractivity contribution in [2.45, 2.75) is 6.61 Å². The summed E-state index contributed by atoms with van der Waals surface area (Å²) in [7, 11) is 0. The molecule has 4 rings (SSSR count). The summed E-state index contributed by atoms with van der Waals surface area (Å²) in [6.45, 7) is 0.286. The van der Waals surface area contributed by atoms with Gasteiger partial charge in [0.25, 0.3) is 0 Å². The molecule has 30 heavy (non-hydrogen) atoms. The van der Waals surface area contributed by atoms with E-state index in [1.54, 1.807) is 30.3 Å². The maximum absolute atomic E-state index is 12.2. The van der Waals surface area contributed by atoms with Crippen LogP contribution in [0.5, 0.6) is 5.75 Å². The second-order valence-electron chi connectivity index (χ2n) is 6.47. The molecule has 1 heterocycles. The van der Waals surface area contributed by atoms with Crippen molar-refractivity contribution in [3.8, 4) is 5.75 Å². The fourth-order valence-electron chi connectivity index (χ4n) is 2.92. The zero-order valence-corrected chi connectivity index (χ0v) is 17.7. The molecule has 1 aliphatic heterocycles. The van der Waals surface area contributed by atoms with Crippen LogP contribution < -0.4 is 4.74 Å². The molecule has 0 saturated heterocycles. The van der Waals surface area contributed by atoms with Crippen LogP contribution in [0.1, 0.15) is 16.7 Å². The van der Waals surface area contributed by atoms with Crippen molar-refractivity contribution in [2.24, 2.45) is 5.16 Å². The molecule has 0 atom stereocenters. The van der Waals surface area contributed by atoms with Gasteiger partial charge in [-0.3, -0.25) is 0 Å². The van der Waals surface area contributed by atoms with E-state index in [0.717, 1.165) is 11.1 Å². The van der Waals surface area contributed by atoms with E-state index >= 15 is 0 Å². The molecular formula is C23H14Cl3NO3. The van der Waals surface area contributed by atoms with E-state index < -0.39 is 5.97 Å². The molecule has 7 heteroatoms. The Hall–Kier alpha value is -2.79. The Kier molecular flexibility index (Phi) is 6.09. The number of carbonyl (C=O) groups excluding carboxylic acids is 1. The van der Waals surface area contributed by atoms with E-state index in [1.165, 1.54) is 0 Å². The van der Waals surface area contributed by atoms with Crippen molar-refractivity contribution in [1.82, 2.24) is 0 Å². The highest BCUT2D eigenvalue weighted by atomic mass is 35.5. The molecule has 0 unspecified atom stereocenters. The lowest BCUT2D eigenvalue weighted by atomic mass is 10.0. The lowest BCUT2D eigenvalue weighted by molar-refractivity contribution is -0.136. The molecule has 0 radical (unpaired) electrons. The number of nitrogens with zero attached hydrogens (tertiary/aromatic N) is 1. The summed E-state index contributed by atoms with van der Waals surface area (Å²) in [5, 5.41) is 5.20. The average Bonchev–Trinajstić information content (AvgIpc) is 3.09. The molecule has 150 valence electrons. The van der Waals surface area contributed by atoms with Gasteiger partial charge in [0.15, 0.2) is 5.75 Å². The molecule has 0 aromatic heterocycles. The number of hydrogen-bond acceptors (Lipinski definition) is 4. The Balaban J connectivity index is 1.58. The van der Waals surface area contributed by atoms with Gasteiger partial charge >= 0.3 is 5.97 Å².